The Morgan fingerprint density at radius 3 is 2.43 bits per heavy atom. The number of hydrogen-bond acceptors (Lipinski definition) is 3. The number of nitrogens with zero attached hydrogens (tertiary/aromatic N) is 3. The van der Waals surface area contributed by atoms with Gasteiger partial charge in [-0.25, -0.2) is 4.98 Å². The second kappa shape index (κ2) is 8.76. The van der Waals surface area contributed by atoms with E-state index in [0.29, 0.717) is 12.3 Å². The SMILES string of the molecule is Cc1ccc(-n2c(SCC(=O)N(C)Cc3ccccc3C)nc3ccccc32)cc1. The number of hydrogen-bond donors (Lipinski definition) is 0. The van der Waals surface area contributed by atoms with Gasteiger partial charge in [0.25, 0.3) is 0 Å². The summed E-state index contributed by atoms with van der Waals surface area (Å²) in [6, 6.07) is 24.7. The monoisotopic (exact) mass is 415 g/mol. The predicted molar refractivity (Wildman–Crippen MR) is 124 cm³/mol. The Kier molecular flexibility index (Phi) is 5.91. The van der Waals surface area contributed by atoms with E-state index in [9.17, 15) is 4.79 Å². The van der Waals surface area contributed by atoms with Crippen LogP contribution in [0, 0.1) is 13.8 Å². The van der Waals surface area contributed by atoms with Gasteiger partial charge in [-0.15, -0.1) is 0 Å². The van der Waals surface area contributed by atoms with Gasteiger partial charge in [0, 0.05) is 19.3 Å². The third kappa shape index (κ3) is 4.26. The topological polar surface area (TPSA) is 38.1 Å². The summed E-state index contributed by atoms with van der Waals surface area (Å²) in [5.41, 5.74) is 6.62. The fraction of sp³-hybridized carbons (Fsp3) is 0.200. The summed E-state index contributed by atoms with van der Waals surface area (Å²) in [5.74, 6) is 0.433. The van der Waals surface area contributed by atoms with Crippen LogP contribution < -0.4 is 0 Å². The summed E-state index contributed by atoms with van der Waals surface area (Å²) in [6.07, 6.45) is 0. The molecule has 30 heavy (non-hydrogen) atoms. The zero-order chi connectivity index (χ0) is 21.1. The average Bonchev–Trinajstić information content (AvgIpc) is 3.12. The molecule has 0 bridgehead atoms. The number of aryl methyl sites for hydroxylation is 2. The van der Waals surface area contributed by atoms with Crippen LogP contribution in [-0.2, 0) is 11.3 Å². The Labute approximate surface area is 181 Å². The molecule has 3 aromatic carbocycles. The number of rotatable bonds is 6. The van der Waals surface area contributed by atoms with Crippen LogP contribution in [0.4, 0.5) is 0 Å². The number of para-hydroxylation sites is 2. The molecule has 1 amide bonds. The van der Waals surface area contributed by atoms with Crippen molar-refractivity contribution in [2.75, 3.05) is 12.8 Å². The molecule has 0 saturated heterocycles. The van der Waals surface area contributed by atoms with Gasteiger partial charge in [-0.05, 0) is 49.2 Å². The van der Waals surface area contributed by atoms with Crippen LogP contribution in [0.3, 0.4) is 0 Å². The van der Waals surface area contributed by atoms with Crippen molar-refractivity contribution in [2.45, 2.75) is 25.5 Å². The van der Waals surface area contributed by atoms with E-state index in [2.05, 4.69) is 60.9 Å². The number of imidazole rings is 1. The van der Waals surface area contributed by atoms with Gasteiger partial charge in [-0.3, -0.25) is 9.36 Å². The van der Waals surface area contributed by atoms with Crippen LogP contribution in [0.2, 0.25) is 0 Å². The van der Waals surface area contributed by atoms with Crippen LogP contribution in [0.15, 0.2) is 78.0 Å². The van der Waals surface area contributed by atoms with Crippen LogP contribution in [0.1, 0.15) is 16.7 Å². The molecule has 0 saturated carbocycles. The first-order valence-corrected chi connectivity index (χ1v) is 11.0. The van der Waals surface area contributed by atoms with Gasteiger partial charge >= 0.3 is 0 Å². The third-order valence-electron chi connectivity index (χ3n) is 5.24. The predicted octanol–water partition coefficient (Wildman–Crippen LogP) is 5.39. The quantitative estimate of drug-likeness (QED) is 0.396. The third-order valence-corrected chi connectivity index (χ3v) is 6.16. The van der Waals surface area contributed by atoms with E-state index >= 15 is 0 Å². The van der Waals surface area contributed by atoms with Crippen LogP contribution in [-0.4, -0.2) is 33.2 Å². The molecule has 4 aromatic rings. The molecule has 5 heteroatoms. The highest BCUT2D eigenvalue weighted by Crippen LogP contribution is 2.28. The lowest BCUT2D eigenvalue weighted by molar-refractivity contribution is -0.127. The average molecular weight is 416 g/mol. The Balaban J connectivity index is 1.55. The van der Waals surface area contributed by atoms with Gasteiger partial charge in [0.15, 0.2) is 5.16 Å². The number of fused-ring (bicyclic) bond motifs is 1. The zero-order valence-electron chi connectivity index (χ0n) is 17.5. The van der Waals surface area contributed by atoms with E-state index in [4.69, 9.17) is 4.98 Å². The minimum atomic E-state index is 0.0887. The second-order valence-corrected chi connectivity index (χ2v) is 8.46. The molecule has 0 aliphatic heterocycles. The standard InChI is InChI=1S/C25H25N3OS/c1-18-12-14-21(15-13-18)28-23-11-7-6-10-22(23)26-25(28)30-17-24(29)27(3)16-20-9-5-4-8-19(20)2/h4-15H,16-17H2,1-3H3. The summed E-state index contributed by atoms with van der Waals surface area (Å²) in [6.45, 7) is 4.77. The van der Waals surface area contributed by atoms with Crippen molar-refractivity contribution in [3.63, 3.8) is 0 Å². The molecule has 0 radical (unpaired) electrons. The molecule has 0 atom stereocenters. The molecule has 4 rings (SSSR count). The van der Waals surface area contributed by atoms with E-state index in [0.717, 1.165) is 21.9 Å². The van der Waals surface area contributed by atoms with E-state index in [1.807, 2.05) is 37.4 Å². The molecule has 0 unspecified atom stereocenters. The maximum absolute atomic E-state index is 12.8. The molecular weight excluding hydrogens is 390 g/mol. The smallest absolute Gasteiger partial charge is 0.233 e. The first kappa shape index (κ1) is 20.2. The van der Waals surface area contributed by atoms with E-state index < -0.39 is 0 Å². The summed E-state index contributed by atoms with van der Waals surface area (Å²) in [5, 5.41) is 0.831. The maximum atomic E-state index is 12.8. The highest BCUT2D eigenvalue weighted by Gasteiger charge is 2.16. The highest BCUT2D eigenvalue weighted by atomic mass is 32.2. The fourth-order valence-corrected chi connectivity index (χ4v) is 4.38. The largest absolute Gasteiger partial charge is 0.341 e. The van der Waals surface area contributed by atoms with Crippen molar-refractivity contribution in [3.8, 4) is 5.69 Å². The molecule has 0 fully saturated rings. The normalized spacial score (nSPS) is 11.0. The molecule has 152 valence electrons. The van der Waals surface area contributed by atoms with Crippen LogP contribution >= 0.6 is 11.8 Å². The van der Waals surface area contributed by atoms with Crippen molar-refractivity contribution < 1.29 is 4.79 Å². The summed E-state index contributed by atoms with van der Waals surface area (Å²) in [4.78, 5) is 19.4. The Hall–Kier alpha value is -3.05. The van der Waals surface area contributed by atoms with Crippen molar-refractivity contribution in [2.24, 2.45) is 0 Å². The van der Waals surface area contributed by atoms with Gasteiger partial charge < -0.3 is 4.90 Å². The summed E-state index contributed by atoms with van der Waals surface area (Å²) >= 11 is 1.48. The fourth-order valence-electron chi connectivity index (χ4n) is 3.41. The second-order valence-electron chi connectivity index (χ2n) is 7.52. The Morgan fingerprint density at radius 2 is 1.67 bits per heavy atom. The lowest BCUT2D eigenvalue weighted by Gasteiger charge is -2.18. The lowest BCUT2D eigenvalue weighted by atomic mass is 10.1. The maximum Gasteiger partial charge on any atom is 0.233 e. The number of carbonyl (C=O) groups excluding carboxylic acids is 1. The van der Waals surface area contributed by atoms with Gasteiger partial charge in [-0.2, -0.15) is 0 Å². The molecule has 0 spiro atoms. The van der Waals surface area contributed by atoms with E-state index in [1.54, 1.807) is 4.90 Å². The molecule has 1 aromatic heterocycles. The van der Waals surface area contributed by atoms with Crippen LogP contribution in [0.5, 0.6) is 0 Å². The van der Waals surface area contributed by atoms with Gasteiger partial charge in [0.05, 0.1) is 16.8 Å². The first-order chi connectivity index (χ1) is 14.5. The van der Waals surface area contributed by atoms with Crippen molar-refractivity contribution >= 4 is 28.7 Å². The number of thioether (sulfide) groups is 1. The minimum absolute atomic E-state index is 0.0887. The molecule has 1 heterocycles. The van der Waals surface area contributed by atoms with Crippen molar-refractivity contribution in [3.05, 3.63) is 89.5 Å². The summed E-state index contributed by atoms with van der Waals surface area (Å²) < 4.78 is 2.13. The van der Waals surface area contributed by atoms with Gasteiger partial charge in [0.2, 0.25) is 5.91 Å². The number of benzene rings is 3. The number of aromatic nitrogens is 2. The molecule has 0 aliphatic rings. The van der Waals surface area contributed by atoms with E-state index in [-0.39, 0.29) is 5.91 Å². The molecule has 0 N–H and O–H groups in total. The van der Waals surface area contributed by atoms with Crippen molar-refractivity contribution in [1.82, 2.24) is 14.5 Å². The lowest BCUT2D eigenvalue weighted by Crippen LogP contribution is -2.28. The minimum Gasteiger partial charge on any atom is -0.341 e. The first-order valence-electron chi connectivity index (χ1n) is 9.99. The highest BCUT2D eigenvalue weighted by molar-refractivity contribution is 7.99. The van der Waals surface area contributed by atoms with E-state index in [1.165, 1.54) is 28.5 Å². The van der Waals surface area contributed by atoms with Crippen LogP contribution in [0.25, 0.3) is 16.7 Å². The zero-order valence-corrected chi connectivity index (χ0v) is 18.3. The molecular formula is C25H25N3OS. The van der Waals surface area contributed by atoms with Crippen molar-refractivity contribution in [1.29, 1.82) is 0 Å². The molecule has 4 nitrogen and oxygen atoms in total. The number of amides is 1. The van der Waals surface area contributed by atoms with Gasteiger partial charge in [0.1, 0.15) is 0 Å². The Morgan fingerprint density at radius 1 is 0.967 bits per heavy atom. The molecule has 0 aliphatic carbocycles. The number of carbonyl (C=O) groups is 1. The summed E-state index contributed by atoms with van der Waals surface area (Å²) in [7, 11) is 1.86. The Bertz CT molecular complexity index is 1180. The van der Waals surface area contributed by atoms with Gasteiger partial charge in [-0.1, -0.05) is 65.9 Å².